The Hall–Kier alpha value is -1.44. The Kier molecular flexibility index (Phi) is 4.97. The van der Waals surface area contributed by atoms with E-state index in [9.17, 15) is 13.2 Å². The third kappa shape index (κ3) is 4.26. The van der Waals surface area contributed by atoms with Gasteiger partial charge >= 0.3 is 5.97 Å². The standard InChI is InChI=1S/C14H20N2O4S/c1-15-7-2-8-16(10-9-15)21(19,20)11-12-3-5-13(6-4-12)14(17)18/h3-6H,2,7-11H2,1H3,(H,17,18). The van der Waals surface area contributed by atoms with E-state index >= 15 is 0 Å². The van der Waals surface area contributed by atoms with Gasteiger partial charge < -0.3 is 10.0 Å². The highest BCUT2D eigenvalue weighted by Crippen LogP contribution is 2.14. The summed E-state index contributed by atoms with van der Waals surface area (Å²) < 4.78 is 26.4. The first-order chi connectivity index (χ1) is 9.88. The van der Waals surface area contributed by atoms with Crippen molar-refractivity contribution in [1.82, 2.24) is 9.21 Å². The van der Waals surface area contributed by atoms with Gasteiger partial charge in [-0.15, -0.1) is 0 Å². The van der Waals surface area contributed by atoms with E-state index in [-0.39, 0.29) is 11.3 Å². The van der Waals surface area contributed by atoms with Gasteiger partial charge in [0.2, 0.25) is 10.0 Å². The number of hydrogen-bond donors (Lipinski definition) is 1. The van der Waals surface area contributed by atoms with Crippen molar-refractivity contribution in [2.24, 2.45) is 0 Å². The van der Waals surface area contributed by atoms with E-state index in [0.29, 0.717) is 18.7 Å². The summed E-state index contributed by atoms with van der Waals surface area (Å²) in [5.74, 6) is -1.10. The number of rotatable bonds is 4. The fourth-order valence-electron chi connectivity index (χ4n) is 2.35. The number of nitrogens with zero attached hydrogens (tertiary/aromatic N) is 2. The summed E-state index contributed by atoms with van der Waals surface area (Å²) >= 11 is 0. The highest BCUT2D eigenvalue weighted by molar-refractivity contribution is 7.88. The van der Waals surface area contributed by atoms with Crippen LogP contribution in [0.3, 0.4) is 0 Å². The van der Waals surface area contributed by atoms with E-state index in [4.69, 9.17) is 5.11 Å². The maximum atomic E-state index is 12.4. The Morgan fingerprint density at radius 2 is 1.81 bits per heavy atom. The van der Waals surface area contributed by atoms with Gasteiger partial charge in [-0.2, -0.15) is 0 Å². The zero-order chi connectivity index (χ0) is 15.5. The first kappa shape index (κ1) is 15.9. The molecule has 116 valence electrons. The van der Waals surface area contributed by atoms with Gasteiger partial charge in [-0.05, 0) is 37.7 Å². The smallest absolute Gasteiger partial charge is 0.335 e. The van der Waals surface area contributed by atoms with Crippen LogP contribution in [-0.4, -0.2) is 61.9 Å². The number of sulfonamides is 1. The number of aromatic carboxylic acids is 1. The van der Waals surface area contributed by atoms with Gasteiger partial charge in [0.15, 0.2) is 0 Å². The van der Waals surface area contributed by atoms with Crippen LogP contribution in [0.4, 0.5) is 0 Å². The molecule has 0 amide bonds. The molecule has 1 saturated heterocycles. The van der Waals surface area contributed by atoms with Crippen LogP contribution < -0.4 is 0 Å². The summed E-state index contributed by atoms with van der Waals surface area (Å²) in [6.07, 6.45) is 0.827. The highest BCUT2D eigenvalue weighted by Gasteiger charge is 2.24. The Bertz CT molecular complexity index is 598. The molecule has 0 radical (unpaired) electrons. The molecule has 0 aliphatic carbocycles. The van der Waals surface area contributed by atoms with Crippen LogP contribution in [0.2, 0.25) is 0 Å². The molecule has 6 nitrogen and oxygen atoms in total. The number of carbonyl (C=O) groups is 1. The molecule has 1 aliphatic heterocycles. The molecule has 1 N–H and O–H groups in total. The van der Waals surface area contributed by atoms with Crippen molar-refractivity contribution in [2.45, 2.75) is 12.2 Å². The topological polar surface area (TPSA) is 77.9 Å². The van der Waals surface area contributed by atoms with E-state index in [2.05, 4.69) is 4.90 Å². The van der Waals surface area contributed by atoms with Gasteiger partial charge in [-0.1, -0.05) is 12.1 Å². The molecular weight excluding hydrogens is 292 g/mol. The summed E-state index contributed by atoms with van der Waals surface area (Å²) in [6, 6.07) is 5.99. The number of hydrogen-bond acceptors (Lipinski definition) is 4. The molecule has 0 spiro atoms. The van der Waals surface area contributed by atoms with Gasteiger partial charge in [0, 0.05) is 19.6 Å². The van der Waals surface area contributed by atoms with Gasteiger partial charge in [-0.3, -0.25) is 0 Å². The SMILES string of the molecule is CN1CCCN(S(=O)(=O)Cc2ccc(C(=O)O)cc2)CC1. The van der Waals surface area contributed by atoms with Gasteiger partial charge in [0.1, 0.15) is 0 Å². The van der Waals surface area contributed by atoms with Gasteiger partial charge in [-0.25, -0.2) is 17.5 Å². The fraction of sp³-hybridized carbons (Fsp3) is 0.500. The molecule has 1 aromatic rings. The zero-order valence-electron chi connectivity index (χ0n) is 12.0. The van der Waals surface area contributed by atoms with Crippen molar-refractivity contribution in [3.63, 3.8) is 0 Å². The molecule has 21 heavy (non-hydrogen) atoms. The number of benzene rings is 1. The second kappa shape index (κ2) is 6.55. The minimum Gasteiger partial charge on any atom is -0.478 e. The van der Waals surface area contributed by atoms with E-state index in [1.165, 1.54) is 16.4 Å². The number of likely N-dealkylation sites (N-methyl/N-ethyl adjacent to an activating group) is 1. The summed E-state index contributed by atoms with van der Waals surface area (Å²) in [6.45, 7) is 2.68. The molecule has 0 saturated carbocycles. The van der Waals surface area contributed by atoms with Crippen LogP contribution in [0.5, 0.6) is 0 Å². The van der Waals surface area contributed by atoms with Crippen molar-refractivity contribution >= 4 is 16.0 Å². The summed E-state index contributed by atoms with van der Waals surface area (Å²) in [5.41, 5.74) is 0.769. The monoisotopic (exact) mass is 312 g/mol. The molecule has 1 heterocycles. The predicted molar refractivity (Wildman–Crippen MR) is 79.7 cm³/mol. The largest absolute Gasteiger partial charge is 0.478 e. The Morgan fingerprint density at radius 1 is 1.14 bits per heavy atom. The van der Waals surface area contributed by atoms with Crippen LogP contribution in [0.25, 0.3) is 0 Å². The summed E-state index contributed by atoms with van der Waals surface area (Å²) in [4.78, 5) is 12.9. The number of carboxylic acids is 1. The van der Waals surface area contributed by atoms with Crippen molar-refractivity contribution in [1.29, 1.82) is 0 Å². The second-order valence-corrected chi connectivity index (χ2v) is 7.28. The molecular formula is C14H20N2O4S. The highest BCUT2D eigenvalue weighted by atomic mass is 32.2. The molecule has 0 unspecified atom stereocenters. The molecule has 0 atom stereocenters. The first-order valence-corrected chi connectivity index (χ1v) is 8.48. The molecule has 7 heteroatoms. The van der Waals surface area contributed by atoms with Crippen molar-refractivity contribution in [2.75, 3.05) is 33.2 Å². The van der Waals surface area contributed by atoms with E-state index in [0.717, 1.165) is 19.5 Å². The minimum atomic E-state index is -3.36. The zero-order valence-corrected chi connectivity index (χ0v) is 12.8. The van der Waals surface area contributed by atoms with Crippen LogP contribution in [-0.2, 0) is 15.8 Å². The van der Waals surface area contributed by atoms with E-state index in [1.54, 1.807) is 12.1 Å². The van der Waals surface area contributed by atoms with Crippen molar-refractivity contribution in [3.05, 3.63) is 35.4 Å². The maximum Gasteiger partial charge on any atom is 0.335 e. The summed E-state index contributed by atoms with van der Waals surface area (Å²) in [5, 5.41) is 8.84. The Morgan fingerprint density at radius 3 is 2.43 bits per heavy atom. The third-order valence-electron chi connectivity index (χ3n) is 3.62. The molecule has 1 aromatic carbocycles. The molecule has 0 bridgehead atoms. The molecule has 2 rings (SSSR count). The lowest BCUT2D eigenvalue weighted by atomic mass is 10.1. The molecule has 1 fully saturated rings. The lowest BCUT2D eigenvalue weighted by molar-refractivity contribution is 0.0697. The van der Waals surface area contributed by atoms with Gasteiger partial charge in [0.05, 0.1) is 11.3 Å². The van der Waals surface area contributed by atoms with Crippen molar-refractivity contribution in [3.8, 4) is 0 Å². The average Bonchev–Trinajstić information content (AvgIpc) is 2.64. The average molecular weight is 312 g/mol. The lowest BCUT2D eigenvalue weighted by Crippen LogP contribution is -2.35. The Labute approximate surface area is 125 Å². The number of carboxylic acid groups (broad SMARTS) is 1. The van der Waals surface area contributed by atoms with Crippen molar-refractivity contribution < 1.29 is 18.3 Å². The quantitative estimate of drug-likeness (QED) is 0.892. The van der Waals surface area contributed by atoms with Crippen LogP contribution in [0, 0.1) is 0 Å². The first-order valence-electron chi connectivity index (χ1n) is 6.87. The minimum absolute atomic E-state index is 0.0867. The molecule has 1 aliphatic rings. The van der Waals surface area contributed by atoms with Gasteiger partial charge in [0.25, 0.3) is 0 Å². The van der Waals surface area contributed by atoms with Crippen LogP contribution in [0.1, 0.15) is 22.3 Å². The fourth-order valence-corrected chi connectivity index (χ4v) is 3.91. The van der Waals surface area contributed by atoms with E-state index < -0.39 is 16.0 Å². The Balaban J connectivity index is 2.07. The normalized spacial score (nSPS) is 18.3. The maximum absolute atomic E-state index is 12.4. The summed E-state index contributed by atoms with van der Waals surface area (Å²) in [7, 11) is -1.37. The van der Waals surface area contributed by atoms with Crippen LogP contribution >= 0.6 is 0 Å². The third-order valence-corrected chi connectivity index (χ3v) is 5.47. The van der Waals surface area contributed by atoms with Crippen LogP contribution in [0.15, 0.2) is 24.3 Å². The molecule has 0 aromatic heterocycles. The lowest BCUT2D eigenvalue weighted by Gasteiger charge is -2.20. The van der Waals surface area contributed by atoms with E-state index in [1.807, 2.05) is 7.05 Å². The second-order valence-electron chi connectivity index (χ2n) is 5.31. The predicted octanol–water partition coefficient (Wildman–Crippen LogP) is 0.852.